The van der Waals surface area contributed by atoms with Crippen LogP contribution in [0.4, 0.5) is 0 Å². The fourth-order valence-electron chi connectivity index (χ4n) is 2.16. The van der Waals surface area contributed by atoms with Gasteiger partial charge in [-0.25, -0.2) is 5.01 Å². The maximum atomic E-state index is 5.30. The van der Waals surface area contributed by atoms with Gasteiger partial charge in [0, 0.05) is 19.6 Å². The molecule has 0 aliphatic carbocycles. The van der Waals surface area contributed by atoms with Crippen molar-refractivity contribution < 1.29 is 4.74 Å². The first-order valence-corrected chi connectivity index (χ1v) is 7.79. The van der Waals surface area contributed by atoms with Crippen molar-refractivity contribution in [2.45, 2.75) is 25.8 Å². The summed E-state index contributed by atoms with van der Waals surface area (Å²) in [5.41, 5.74) is 4.72. The number of benzene rings is 1. The lowest BCUT2D eigenvalue weighted by Crippen LogP contribution is -2.41. The molecular formula is C13H18Br2N2O. The van der Waals surface area contributed by atoms with Crippen LogP contribution in [0.15, 0.2) is 21.1 Å². The van der Waals surface area contributed by atoms with Crippen LogP contribution in [0.3, 0.4) is 0 Å². The van der Waals surface area contributed by atoms with Gasteiger partial charge < -0.3 is 4.74 Å². The molecule has 1 aromatic carbocycles. The summed E-state index contributed by atoms with van der Waals surface area (Å²) in [4.78, 5) is 0. The summed E-state index contributed by atoms with van der Waals surface area (Å²) in [5, 5.41) is 2.32. The van der Waals surface area contributed by atoms with Crippen molar-refractivity contribution in [3.8, 4) is 5.75 Å². The average molecular weight is 378 g/mol. The molecule has 0 saturated carbocycles. The minimum atomic E-state index is 0.844. The second-order valence-corrected chi connectivity index (χ2v) is 6.18. The lowest BCUT2D eigenvalue weighted by molar-refractivity contribution is 0.151. The number of hydrogen-bond acceptors (Lipinski definition) is 3. The molecule has 0 atom stereocenters. The molecule has 0 aromatic heterocycles. The Morgan fingerprint density at radius 1 is 1.17 bits per heavy atom. The molecule has 18 heavy (non-hydrogen) atoms. The van der Waals surface area contributed by atoms with Gasteiger partial charge in [-0.15, -0.1) is 0 Å². The van der Waals surface area contributed by atoms with E-state index in [0.29, 0.717) is 0 Å². The highest BCUT2D eigenvalue weighted by atomic mass is 79.9. The van der Waals surface area contributed by atoms with E-state index in [2.05, 4.69) is 54.4 Å². The van der Waals surface area contributed by atoms with Crippen molar-refractivity contribution in [2.24, 2.45) is 0 Å². The molecule has 1 aliphatic rings. The van der Waals surface area contributed by atoms with Crippen molar-refractivity contribution >= 4 is 31.9 Å². The maximum Gasteiger partial charge on any atom is 0.147 e. The average Bonchev–Trinajstić information content (AvgIpc) is 2.37. The van der Waals surface area contributed by atoms with Crippen molar-refractivity contribution in [2.75, 3.05) is 20.2 Å². The molecule has 0 bridgehead atoms. The van der Waals surface area contributed by atoms with Crippen LogP contribution in [0, 0.1) is 0 Å². The normalized spacial score (nSPS) is 16.8. The van der Waals surface area contributed by atoms with E-state index in [1.54, 1.807) is 7.11 Å². The Labute approximate surface area is 125 Å². The molecule has 3 nitrogen and oxygen atoms in total. The van der Waals surface area contributed by atoms with E-state index in [-0.39, 0.29) is 0 Å². The Balaban J connectivity index is 1.96. The highest BCUT2D eigenvalue weighted by Crippen LogP contribution is 2.34. The van der Waals surface area contributed by atoms with Crippen LogP contribution in [0.5, 0.6) is 5.75 Å². The van der Waals surface area contributed by atoms with Crippen LogP contribution in [0.25, 0.3) is 0 Å². The topological polar surface area (TPSA) is 24.5 Å². The second kappa shape index (κ2) is 6.89. The largest absolute Gasteiger partial charge is 0.494 e. The lowest BCUT2D eigenvalue weighted by Gasteiger charge is -2.27. The molecule has 1 N–H and O–H groups in total. The van der Waals surface area contributed by atoms with E-state index >= 15 is 0 Å². The Morgan fingerprint density at radius 2 is 1.78 bits per heavy atom. The van der Waals surface area contributed by atoms with Crippen molar-refractivity contribution in [3.05, 3.63) is 26.6 Å². The van der Waals surface area contributed by atoms with Gasteiger partial charge in [-0.1, -0.05) is 6.42 Å². The van der Waals surface area contributed by atoms with Crippen molar-refractivity contribution in [1.29, 1.82) is 0 Å². The minimum absolute atomic E-state index is 0.844. The molecule has 1 aromatic rings. The number of hydrazine groups is 1. The molecule has 2 rings (SSSR count). The van der Waals surface area contributed by atoms with E-state index in [4.69, 9.17) is 4.74 Å². The predicted octanol–water partition coefficient (Wildman–Crippen LogP) is 3.71. The first-order valence-electron chi connectivity index (χ1n) is 6.21. The quantitative estimate of drug-likeness (QED) is 0.865. The zero-order chi connectivity index (χ0) is 13.0. The van der Waals surface area contributed by atoms with Gasteiger partial charge in [0.2, 0.25) is 0 Å². The minimum Gasteiger partial charge on any atom is -0.494 e. The number of methoxy groups -OCH3 is 1. The number of hydrogen-bond donors (Lipinski definition) is 1. The molecule has 0 spiro atoms. The van der Waals surface area contributed by atoms with E-state index in [0.717, 1.165) is 34.3 Å². The van der Waals surface area contributed by atoms with E-state index in [1.165, 1.54) is 24.8 Å². The number of nitrogens with one attached hydrogen (secondary N) is 1. The number of rotatable bonds is 4. The molecule has 0 amide bonds. The van der Waals surface area contributed by atoms with Gasteiger partial charge in [0.15, 0.2) is 0 Å². The molecule has 100 valence electrons. The summed E-state index contributed by atoms with van der Waals surface area (Å²) in [6, 6.07) is 4.20. The van der Waals surface area contributed by atoms with Crippen LogP contribution < -0.4 is 10.2 Å². The van der Waals surface area contributed by atoms with E-state index in [9.17, 15) is 0 Å². The fourth-order valence-corrected chi connectivity index (χ4v) is 3.77. The zero-order valence-electron chi connectivity index (χ0n) is 10.5. The first kappa shape index (κ1) is 14.3. The summed E-state index contributed by atoms with van der Waals surface area (Å²) in [6.07, 6.45) is 3.95. The number of piperidine rings is 1. The van der Waals surface area contributed by atoms with Crippen LogP contribution in [-0.2, 0) is 6.54 Å². The number of ether oxygens (including phenoxy) is 1. The lowest BCUT2D eigenvalue weighted by atomic mass is 10.2. The van der Waals surface area contributed by atoms with Crippen molar-refractivity contribution in [3.63, 3.8) is 0 Å². The maximum absolute atomic E-state index is 5.30. The molecule has 1 heterocycles. The van der Waals surface area contributed by atoms with Crippen LogP contribution in [0.2, 0.25) is 0 Å². The van der Waals surface area contributed by atoms with Gasteiger partial charge in [0.1, 0.15) is 5.75 Å². The third-order valence-electron chi connectivity index (χ3n) is 3.13. The Hall–Kier alpha value is -0.100. The molecule has 0 unspecified atom stereocenters. The summed E-state index contributed by atoms with van der Waals surface area (Å²) in [7, 11) is 1.68. The van der Waals surface area contributed by atoms with Gasteiger partial charge in [-0.2, -0.15) is 0 Å². The van der Waals surface area contributed by atoms with Gasteiger partial charge >= 0.3 is 0 Å². The monoisotopic (exact) mass is 376 g/mol. The van der Waals surface area contributed by atoms with Gasteiger partial charge in [-0.05, 0) is 62.4 Å². The second-order valence-electron chi connectivity index (χ2n) is 4.48. The van der Waals surface area contributed by atoms with Crippen LogP contribution >= 0.6 is 31.9 Å². The van der Waals surface area contributed by atoms with Gasteiger partial charge in [0.25, 0.3) is 0 Å². The molecule has 1 aliphatic heterocycles. The standard InChI is InChI=1S/C13H18Br2N2O/c1-18-13-11(14)7-10(8-12(13)15)9-16-17-5-3-2-4-6-17/h7-8,16H,2-6,9H2,1H3. The third-order valence-corrected chi connectivity index (χ3v) is 4.30. The summed E-state index contributed by atoms with van der Waals surface area (Å²) in [6.45, 7) is 3.15. The van der Waals surface area contributed by atoms with Gasteiger partial charge in [0.05, 0.1) is 16.1 Å². The fraction of sp³-hybridized carbons (Fsp3) is 0.538. The Morgan fingerprint density at radius 3 is 2.33 bits per heavy atom. The van der Waals surface area contributed by atoms with Crippen LogP contribution in [-0.4, -0.2) is 25.2 Å². The van der Waals surface area contributed by atoms with E-state index in [1.807, 2.05) is 0 Å². The summed E-state index contributed by atoms with van der Waals surface area (Å²) in [5.74, 6) is 0.844. The van der Waals surface area contributed by atoms with Crippen LogP contribution in [0.1, 0.15) is 24.8 Å². The predicted molar refractivity (Wildman–Crippen MR) is 80.7 cm³/mol. The number of halogens is 2. The van der Waals surface area contributed by atoms with E-state index < -0.39 is 0 Å². The third kappa shape index (κ3) is 3.70. The SMILES string of the molecule is COc1c(Br)cc(CNN2CCCCC2)cc1Br. The number of nitrogens with zero attached hydrogens (tertiary/aromatic N) is 1. The molecule has 1 saturated heterocycles. The molecule has 5 heteroatoms. The first-order chi connectivity index (χ1) is 8.70. The molecule has 1 fully saturated rings. The molecular weight excluding hydrogens is 360 g/mol. The molecule has 0 radical (unpaired) electrons. The van der Waals surface area contributed by atoms with Gasteiger partial charge in [-0.3, -0.25) is 5.43 Å². The summed E-state index contributed by atoms with van der Waals surface area (Å²) < 4.78 is 7.26. The summed E-state index contributed by atoms with van der Waals surface area (Å²) >= 11 is 7.06. The Bertz CT molecular complexity index is 383. The Kier molecular flexibility index (Phi) is 5.48. The highest BCUT2D eigenvalue weighted by Gasteiger charge is 2.11. The highest BCUT2D eigenvalue weighted by molar-refractivity contribution is 9.11. The van der Waals surface area contributed by atoms with Crippen molar-refractivity contribution in [1.82, 2.24) is 10.4 Å². The smallest absolute Gasteiger partial charge is 0.147 e. The zero-order valence-corrected chi connectivity index (χ0v) is 13.7.